The van der Waals surface area contributed by atoms with Gasteiger partial charge in [-0.2, -0.15) is 0 Å². The lowest BCUT2D eigenvalue weighted by atomic mass is 9.93. The fraction of sp³-hybridized carbons (Fsp3) is 0.320. The monoisotopic (exact) mass is 392 g/mol. The summed E-state index contributed by atoms with van der Waals surface area (Å²) >= 11 is 1.74. The molecule has 0 fully saturated rings. The number of benzene rings is 2. The Labute approximate surface area is 172 Å². The first kappa shape index (κ1) is 20.3. The Bertz CT molecular complexity index is 958. The summed E-state index contributed by atoms with van der Waals surface area (Å²) in [6, 6.07) is 14.4. The third-order valence-electron chi connectivity index (χ3n) is 5.36. The van der Waals surface area contributed by atoms with Crippen molar-refractivity contribution < 1.29 is 9.53 Å². The van der Waals surface area contributed by atoms with Crippen molar-refractivity contribution in [2.24, 2.45) is 0 Å². The molecule has 0 saturated heterocycles. The summed E-state index contributed by atoms with van der Waals surface area (Å²) in [7, 11) is 1.71. The zero-order chi connectivity index (χ0) is 20.3. The molecule has 146 valence electrons. The Morgan fingerprint density at radius 3 is 2.14 bits per heavy atom. The summed E-state index contributed by atoms with van der Waals surface area (Å²) in [4.78, 5) is 16.0. The molecule has 0 atom stereocenters. The number of ether oxygens (including phenoxy) is 1. The van der Waals surface area contributed by atoms with Gasteiger partial charge < -0.3 is 4.74 Å². The van der Waals surface area contributed by atoms with E-state index in [1.807, 2.05) is 18.2 Å². The second kappa shape index (κ2) is 8.74. The average Bonchev–Trinajstić information content (AvgIpc) is 3.00. The van der Waals surface area contributed by atoms with Crippen molar-refractivity contribution in [3.8, 4) is 5.75 Å². The van der Waals surface area contributed by atoms with Crippen molar-refractivity contribution in [1.82, 2.24) is 0 Å². The predicted octanol–water partition coefficient (Wildman–Crippen LogP) is 6.32. The van der Waals surface area contributed by atoms with Gasteiger partial charge in [0, 0.05) is 27.3 Å². The topological polar surface area (TPSA) is 26.3 Å². The largest absolute Gasteiger partial charge is 0.496 e. The zero-order valence-electron chi connectivity index (χ0n) is 17.4. The van der Waals surface area contributed by atoms with Crippen molar-refractivity contribution in [3.05, 3.63) is 85.6 Å². The number of carbonyl (C=O) groups excluding carboxylic acids is 1. The second-order valence-corrected chi connectivity index (χ2v) is 8.42. The Kier molecular flexibility index (Phi) is 6.35. The molecule has 2 aromatic carbocycles. The molecule has 1 aromatic heterocycles. The van der Waals surface area contributed by atoms with Gasteiger partial charge in [-0.05, 0) is 61.1 Å². The first-order valence-electron chi connectivity index (χ1n) is 9.87. The summed E-state index contributed by atoms with van der Waals surface area (Å²) < 4.78 is 5.62. The van der Waals surface area contributed by atoms with Gasteiger partial charge in [0.2, 0.25) is 0 Å². The number of rotatable bonds is 7. The van der Waals surface area contributed by atoms with Crippen LogP contribution in [0.25, 0.3) is 0 Å². The molecule has 0 unspecified atom stereocenters. The minimum absolute atomic E-state index is 0.125. The molecule has 0 aliphatic heterocycles. The maximum atomic E-state index is 13.6. The third-order valence-corrected chi connectivity index (χ3v) is 6.57. The number of hydrogen-bond acceptors (Lipinski definition) is 3. The van der Waals surface area contributed by atoms with Gasteiger partial charge in [0.1, 0.15) is 5.75 Å². The van der Waals surface area contributed by atoms with Crippen molar-refractivity contribution in [1.29, 1.82) is 0 Å². The van der Waals surface area contributed by atoms with Crippen LogP contribution >= 0.6 is 11.3 Å². The standard InChI is InChI=1S/C25H28O2S/c1-6-19-14-21(15-20(7-2)25(19)27-5)24(26)23-16(3)17(4)28-22(23)13-18-11-9-8-10-12-18/h8-12,14-15H,6-7,13H2,1-5H3. The maximum absolute atomic E-state index is 13.6. The summed E-state index contributed by atoms with van der Waals surface area (Å²) in [5.74, 6) is 1.05. The van der Waals surface area contributed by atoms with Gasteiger partial charge in [0.15, 0.2) is 5.78 Å². The van der Waals surface area contributed by atoms with Crippen molar-refractivity contribution in [2.75, 3.05) is 7.11 Å². The van der Waals surface area contributed by atoms with Gasteiger partial charge in [-0.1, -0.05) is 44.2 Å². The maximum Gasteiger partial charge on any atom is 0.194 e. The van der Waals surface area contributed by atoms with Crippen LogP contribution in [0.2, 0.25) is 0 Å². The minimum Gasteiger partial charge on any atom is -0.496 e. The first-order chi connectivity index (χ1) is 13.5. The average molecular weight is 393 g/mol. The Hall–Kier alpha value is -2.39. The second-order valence-electron chi connectivity index (χ2n) is 7.11. The lowest BCUT2D eigenvalue weighted by Crippen LogP contribution is -2.08. The van der Waals surface area contributed by atoms with E-state index in [0.717, 1.165) is 57.7 Å². The van der Waals surface area contributed by atoms with Gasteiger partial charge >= 0.3 is 0 Å². The summed E-state index contributed by atoms with van der Waals surface area (Å²) in [5.41, 5.74) is 6.17. The number of ketones is 1. The quantitative estimate of drug-likeness (QED) is 0.440. The predicted molar refractivity (Wildman–Crippen MR) is 118 cm³/mol. The van der Waals surface area contributed by atoms with E-state index in [2.05, 4.69) is 52.0 Å². The van der Waals surface area contributed by atoms with Crippen LogP contribution in [0, 0.1) is 13.8 Å². The zero-order valence-corrected chi connectivity index (χ0v) is 18.2. The van der Waals surface area contributed by atoms with E-state index >= 15 is 0 Å². The highest BCUT2D eigenvalue weighted by Crippen LogP contribution is 2.33. The van der Waals surface area contributed by atoms with Gasteiger partial charge in [-0.15, -0.1) is 11.3 Å². The van der Waals surface area contributed by atoms with Crippen LogP contribution in [0.1, 0.15) is 61.8 Å². The molecule has 0 aliphatic rings. The van der Waals surface area contributed by atoms with E-state index in [4.69, 9.17) is 4.74 Å². The molecule has 0 bridgehead atoms. The lowest BCUT2D eigenvalue weighted by molar-refractivity contribution is 0.103. The SMILES string of the molecule is CCc1cc(C(=O)c2c(Cc3ccccc3)sc(C)c2C)cc(CC)c1OC. The van der Waals surface area contributed by atoms with Crippen LogP contribution in [0.3, 0.4) is 0 Å². The van der Waals surface area contributed by atoms with Crippen LogP contribution in [-0.2, 0) is 19.3 Å². The van der Waals surface area contributed by atoms with Crippen molar-refractivity contribution >= 4 is 17.1 Å². The normalized spacial score (nSPS) is 10.9. The van der Waals surface area contributed by atoms with Crippen molar-refractivity contribution in [2.45, 2.75) is 47.0 Å². The van der Waals surface area contributed by atoms with Crippen LogP contribution in [0.4, 0.5) is 0 Å². The van der Waals surface area contributed by atoms with E-state index < -0.39 is 0 Å². The van der Waals surface area contributed by atoms with E-state index in [-0.39, 0.29) is 5.78 Å². The highest BCUT2D eigenvalue weighted by atomic mass is 32.1. The molecule has 3 aromatic rings. The van der Waals surface area contributed by atoms with Crippen LogP contribution < -0.4 is 4.74 Å². The molecule has 3 rings (SSSR count). The molecule has 0 spiro atoms. The summed E-state index contributed by atoms with van der Waals surface area (Å²) in [6.45, 7) is 8.38. The highest BCUT2D eigenvalue weighted by Gasteiger charge is 2.22. The Balaban J connectivity index is 2.08. The fourth-order valence-electron chi connectivity index (χ4n) is 3.72. The van der Waals surface area contributed by atoms with Gasteiger partial charge in [0.05, 0.1) is 7.11 Å². The molecule has 1 heterocycles. The van der Waals surface area contributed by atoms with Crippen LogP contribution in [0.15, 0.2) is 42.5 Å². The molecule has 0 radical (unpaired) electrons. The molecule has 0 saturated carbocycles. The smallest absolute Gasteiger partial charge is 0.194 e. The number of methoxy groups -OCH3 is 1. The third kappa shape index (κ3) is 3.90. The molecule has 0 amide bonds. The van der Waals surface area contributed by atoms with Crippen LogP contribution in [-0.4, -0.2) is 12.9 Å². The molecule has 28 heavy (non-hydrogen) atoms. The lowest BCUT2D eigenvalue weighted by Gasteiger charge is -2.14. The van der Waals surface area contributed by atoms with Crippen molar-refractivity contribution in [3.63, 3.8) is 0 Å². The van der Waals surface area contributed by atoms with Gasteiger partial charge in [0.25, 0.3) is 0 Å². The molecule has 2 nitrogen and oxygen atoms in total. The number of aryl methyl sites for hydroxylation is 3. The summed E-state index contributed by atoms with van der Waals surface area (Å²) in [6.07, 6.45) is 2.48. The first-order valence-corrected chi connectivity index (χ1v) is 10.7. The van der Waals surface area contributed by atoms with E-state index in [1.54, 1.807) is 18.4 Å². The number of hydrogen-bond donors (Lipinski definition) is 0. The highest BCUT2D eigenvalue weighted by molar-refractivity contribution is 7.12. The number of thiophene rings is 1. The molecular weight excluding hydrogens is 364 g/mol. The molecule has 0 aliphatic carbocycles. The molecular formula is C25H28O2S. The summed E-state index contributed by atoms with van der Waals surface area (Å²) in [5, 5.41) is 0. The molecule has 3 heteroatoms. The minimum atomic E-state index is 0.125. The molecule has 0 N–H and O–H groups in total. The van der Waals surface area contributed by atoms with E-state index in [9.17, 15) is 4.79 Å². The van der Waals surface area contributed by atoms with Gasteiger partial charge in [-0.3, -0.25) is 4.79 Å². The Morgan fingerprint density at radius 1 is 1.00 bits per heavy atom. The fourth-order valence-corrected chi connectivity index (χ4v) is 4.93. The Morgan fingerprint density at radius 2 is 1.61 bits per heavy atom. The van der Waals surface area contributed by atoms with Crippen LogP contribution in [0.5, 0.6) is 5.75 Å². The van der Waals surface area contributed by atoms with E-state index in [0.29, 0.717) is 0 Å². The number of carbonyl (C=O) groups is 1. The van der Waals surface area contributed by atoms with Gasteiger partial charge in [-0.25, -0.2) is 0 Å². The van der Waals surface area contributed by atoms with E-state index in [1.165, 1.54) is 10.4 Å².